The lowest BCUT2D eigenvalue weighted by Crippen LogP contribution is -2.28. The van der Waals surface area contributed by atoms with Crippen molar-refractivity contribution in [2.75, 3.05) is 40.0 Å². The van der Waals surface area contributed by atoms with E-state index in [2.05, 4.69) is 77.1 Å². The van der Waals surface area contributed by atoms with Gasteiger partial charge in [-0.3, -0.25) is 0 Å². The van der Waals surface area contributed by atoms with Crippen LogP contribution in [0.2, 0.25) is 0 Å². The quantitative estimate of drug-likeness (QED) is 0.285. The van der Waals surface area contributed by atoms with Crippen LogP contribution in [0.1, 0.15) is 24.6 Å². The molecule has 0 spiro atoms. The van der Waals surface area contributed by atoms with E-state index < -0.39 is 0 Å². The zero-order chi connectivity index (χ0) is 20.6. The van der Waals surface area contributed by atoms with Gasteiger partial charge in [-0.15, -0.1) is 11.3 Å². The largest absolute Gasteiger partial charge is 0.494 e. The average Bonchev–Trinajstić information content (AvgIpc) is 3.05. The van der Waals surface area contributed by atoms with E-state index >= 15 is 0 Å². The van der Waals surface area contributed by atoms with Gasteiger partial charge >= 0.3 is 0 Å². The molecule has 29 heavy (non-hydrogen) atoms. The van der Waals surface area contributed by atoms with Gasteiger partial charge < -0.3 is 14.4 Å². The molecule has 3 nitrogen and oxygen atoms in total. The first-order valence-corrected chi connectivity index (χ1v) is 11.9. The van der Waals surface area contributed by atoms with Crippen LogP contribution in [0.15, 0.2) is 46.9 Å². The first-order valence-electron chi connectivity index (χ1n) is 10.3. The predicted molar refractivity (Wildman–Crippen MR) is 128 cm³/mol. The van der Waals surface area contributed by atoms with Crippen molar-refractivity contribution in [3.63, 3.8) is 0 Å². The van der Waals surface area contributed by atoms with Crippen LogP contribution >= 0.6 is 27.3 Å². The highest BCUT2D eigenvalue weighted by Gasteiger charge is 2.12. The maximum atomic E-state index is 6.04. The summed E-state index contributed by atoms with van der Waals surface area (Å²) in [7, 11) is 1.76. The molecule has 1 aromatic heterocycles. The van der Waals surface area contributed by atoms with Gasteiger partial charge in [-0.1, -0.05) is 35.0 Å². The molecule has 1 heterocycles. The summed E-state index contributed by atoms with van der Waals surface area (Å²) >= 11 is 5.36. The van der Waals surface area contributed by atoms with Gasteiger partial charge in [0.15, 0.2) is 0 Å². The molecule has 0 N–H and O–H groups in total. The van der Waals surface area contributed by atoms with Crippen molar-refractivity contribution < 1.29 is 9.47 Å². The molecular formula is C24H30BrNO2S. The van der Waals surface area contributed by atoms with E-state index in [0.29, 0.717) is 0 Å². The minimum atomic E-state index is 0.761. The number of thiophene rings is 1. The van der Waals surface area contributed by atoms with Gasteiger partial charge in [0.1, 0.15) is 5.75 Å². The van der Waals surface area contributed by atoms with Gasteiger partial charge in [0.05, 0.1) is 13.2 Å². The molecule has 3 aromatic rings. The topological polar surface area (TPSA) is 21.7 Å². The summed E-state index contributed by atoms with van der Waals surface area (Å²) in [5.41, 5.74) is 2.60. The number of unbranched alkanes of at least 4 members (excludes halogenated alkanes) is 1. The Morgan fingerprint density at radius 1 is 1.00 bits per heavy atom. The monoisotopic (exact) mass is 475 g/mol. The van der Waals surface area contributed by atoms with Gasteiger partial charge in [0, 0.05) is 38.7 Å². The van der Waals surface area contributed by atoms with Crippen molar-refractivity contribution in [1.82, 2.24) is 4.90 Å². The van der Waals surface area contributed by atoms with E-state index in [1.807, 2.05) is 11.3 Å². The fourth-order valence-electron chi connectivity index (χ4n) is 3.54. The number of ether oxygens (including phenoxy) is 2. The Labute approximate surface area is 186 Å². The summed E-state index contributed by atoms with van der Waals surface area (Å²) < 4.78 is 13.6. The first-order chi connectivity index (χ1) is 14.1. The van der Waals surface area contributed by atoms with Crippen LogP contribution in [-0.2, 0) is 4.74 Å². The van der Waals surface area contributed by atoms with Crippen LogP contribution in [0.5, 0.6) is 5.75 Å². The average molecular weight is 476 g/mol. The fraction of sp³-hybridized carbons (Fsp3) is 0.417. The zero-order valence-electron chi connectivity index (χ0n) is 17.5. The summed E-state index contributed by atoms with van der Waals surface area (Å²) in [6.07, 6.45) is 2.21. The second-order valence-electron chi connectivity index (χ2n) is 7.18. The van der Waals surface area contributed by atoms with Crippen molar-refractivity contribution in [2.45, 2.75) is 26.7 Å². The van der Waals surface area contributed by atoms with Crippen molar-refractivity contribution in [3.8, 4) is 16.9 Å². The summed E-state index contributed by atoms with van der Waals surface area (Å²) in [6.45, 7) is 9.13. The Morgan fingerprint density at radius 2 is 1.79 bits per heavy atom. The molecule has 0 atom stereocenters. The van der Waals surface area contributed by atoms with Gasteiger partial charge in [0.2, 0.25) is 0 Å². The number of aryl methyl sites for hydroxylation is 1. The van der Waals surface area contributed by atoms with Gasteiger partial charge in [-0.25, -0.2) is 0 Å². The highest BCUT2D eigenvalue weighted by atomic mass is 79.9. The van der Waals surface area contributed by atoms with Crippen LogP contribution in [0.25, 0.3) is 21.2 Å². The molecular weight excluding hydrogens is 446 g/mol. The molecule has 0 amide bonds. The molecule has 0 fully saturated rings. The smallest absolute Gasteiger partial charge is 0.120 e. The third-order valence-corrected chi connectivity index (χ3v) is 6.76. The zero-order valence-corrected chi connectivity index (χ0v) is 19.9. The van der Waals surface area contributed by atoms with Crippen molar-refractivity contribution >= 4 is 37.4 Å². The standard InChI is InChI=1S/C24H30BrNO2S/c1-4-26(14-16-27-3)13-5-6-15-28-21-11-12-22-23(17-21)29-18(2)24(22)19-7-9-20(25)10-8-19/h7-12,17H,4-6,13-16H2,1-3H3. The maximum Gasteiger partial charge on any atom is 0.120 e. The van der Waals surface area contributed by atoms with Crippen LogP contribution in [0.3, 0.4) is 0 Å². The molecule has 0 aliphatic carbocycles. The number of hydrogen-bond donors (Lipinski definition) is 0. The summed E-state index contributed by atoms with van der Waals surface area (Å²) in [5, 5.41) is 1.30. The number of methoxy groups -OCH3 is 1. The lowest BCUT2D eigenvalue weighted by Gasteiger charge is -2.19. The molecule has 0 unspecified atom stereocenters. The number of likely N-dealkylation sites (N-methyl/N-ethyl adjacent to an activating group) is 1. The number of benzene rings is 2. The van der Waals surface area contributed by atoms with E-state index in [9.17, 15) is 0 Å². The Kier molecular flexibility index (Phi) is 8.54. The number of nitrogens with zero attached hydrogens (tertiary/aromatic N) is 1. The maximum absolute atomic E-state index is 6.04. The summed E-state index contributed by atoms with van der Waals surface area (Å²) in [5.74, 6) is 0.966. The van der Waals surface area contributed by atoms with E-state index in [-0.39, 0.29) is 0 Å². The van der Waals surface area contributed by atoms with Crippen LogP contribution < -0.4 is 4.74 Å². The van der Waals surface area contributed by atoms with Crippen molar-refractivity contribution in [3.05, 3.63) is 51.8 Å². The second kappa shape index (κ2) is 11.1. The molecule has 0 saturated carbocycles. The van der Waals surface area contributed by atoms with E-state index in [0.717, 1.165) is 55.9 Å². The molecule has 3 rings (SSSR count). The highest BCUT2D eigenvalue weighted by molar-refractivity contribution is 9.10. The molecule has 0 aliphatic rings. The summed E-state index contributed by atoms with van der Waals surface area (Å²) in [4.78, 5) is 3.77. The molecule has 0 saturated heterocycles. The van der Waals surface area contributed by atoms with E-state index in [1.165, 1.54) is 26.1 Å². The normalized spacial score (nSPS) is 11.5. The molecule has 5 heteroatoms. The Balaban J connectivity index is 1.57. The molecule has 0 aliphatic heterocycles. The Morgan fingerprint density at radius 3 is 2.52 bits per heavy atom. The van der Waals surface area contributed by atoms with Gasteiger partial charge in [-0.2, -0.15) is 0 Å². The van der Waals surface area contributed by atoms with E-state index in [1.54, 1.807) is 7.11 Å². The minimum Gasteiger partial charge on any atom is -0.494 e. The van der Waals surface area contributed by atoms with Gasteiger partial charge in [-0.05, 0) is 68.8 Å². The molecule has 156 valence electrons. The Bertz CT molecular complexity index is 907. The lowest BCUT2D eigenvalue weighted by atomic mass is 10.0. The molecule has 0 radical (unpaired) electrons. The highest BCUT2D eigenvalue weighted by Crippen LogP contribution is 2.40. The van der Waals surface area contributed by atoms with Crippen molar-refractivity contribution in [1.29, 1.82) is 0 Å². The van der Waals surface area contributed by atoms with E-state index in [4.69, 9.17) is 9.47 Å². The van der Waals surface area contributed by atoms with Crippen LogP contribution in [-0.4, -0.2) is 44.9 Å². The fourth-order valence-corrected chi connectivity index (χ4v) is 4.92. The third-order valence-electron chi connectivity index (χ3n) is 5.17. The number of fused-ring (bicyclic) bond motifs is 1. The molecule has 2 aromatic carbocycles. The predicted octanol–water partition coefficient (Wildman–Crippen LogP) is 6.77. The van der Waals surface area contributed by atoms with Crippen LogP contribution in [0.4, 0.5) is 0 Å². The van der Waals surface area contributed by atoms with Crippen molar-refractivity contribution in [2.24, 2.45) is 0 Å². The first kappa shape index (κ1) is 22.3. The number of hydrogen-bond acceptors (Lipinski definition) is 4. The third kappa shape index (κ3) is 6.05. The molecule has 0 bridgehead atoms. The lowest BCUT2D eigenvalue weighted by molar-refractivity contribution is 0.148. The second-order valence-corrected chi connectivity index (χ2v) is 9.35. The Hall–Kier alpha value is -1.40. The number of halogens is 1. The minimum absolute atomic E-state index is 0.761. The number of rotatable bonds is 11. The van der Waals surface area contributed by atoms with Gasteiger partial charge in [0.25, 0.3) is 0 Å². The van der Waals surface area contributed by atoms with Crippen LogP contribution in [0, 0.1) is 6.92 Å². The SMILES string of the molecule is CCN(CCCCOc1ccc2c(-c3ccc(Br)cc3)c(C)sc2c1)CCOC. The summed E-state index contributed by atoms with van der Waals surface area (Å²) in [6, 6.07) is 15.1.